The SMILES string of the molecule is CC(C)C[C@H](NC(=O)c1cc2cc(Cl)ccc2n1C)C(=O)NCC(=O)[O-]. The van der Waals surface area contributed by atoms with Crippen LogP contribution in [0.25, 0.3) is 10.9 Å². The van der Waals surface area contributed by atoms with E-state index in [9.17, 15) is 19.5 Å². The maximum atomic E-state index is 12.7. The number of carboxylic acids is 1. The van der Waals surface area contributed by atoms with Gasteiger partial charge in [-0.2, -0.15) is 0 Å². The van der Waals surface area contributed by atoms with Gasteiger partial charge < -0.3 is 25.1 Å². The second-order valence-corrected chi connectivity index (χ2v) is 6.97. The summed E-state index contributed by atoms with van der Waals surface area (Å²) in [5, 5.41) is 16.9. The van der Waals surface area contributed by atoms with Gasteiger partial charge >= 0.3 is 0 Å². The summed E-state index contributed by atoms with van der Waals surface area (Å²) in [5.74, 6) is -2.24. The van der Waals surface area contributed by atoms with Crippen LogP contribution >= 0.6 is 11.6 Å². The molecule has 2 rings (SSSR count). The van der Waals surface area contributed by atoms with Gasteiger partial charge in [0.1, 0.15) is 11.7 Å². The first kappa shape index (κ1) is 19.8. The van der Waals surface area contributed by atoms with E-state index in [0.717, 1.165) is 10.9 Å². The molecule has 2 aromatic rings. The van der Waals surface area contributed by atoms with Gasteiger partial charge in [0.2, 0.25) is 5.91 Å². The van der Waals surface area contributed by atoms with E-state index in [-0.39, 0.29) is 5.92 Å². The molecule has 1 atom stereocenters. The largest absolute Gasteiger partial charge is 0.548 e. The van der Waals surface area contributed by atoms with Gasteiger partial charge in [-0.1, -0.05) is 25.4 Å². The van der Waals surface area contributed by atoms with Gasteiger partial charge in [-0.3, -0.25) is 9.59 Å². The average Bonchev–Trinajstić information content (AvgIpc) is 2.87. The molecule has 0 saturated carbocycles. The van der Waals surface area contributed by atoms with E-state index in [4.69, 9.17) is 11.6 Å². The van der Waals surface area contributed by atoms with Crippen LogP contribution in [0.5, 0.6) is 0 Å². The molecule has 0 aliphatic carbocycles. The summed E-state index contributed by atoms with van der Waals surface area (Å²) in [7, 11) is 1.75. The predicted octanol–water partition coefficient (Wildman–Crippen LogP) is 0.842. The number of nitrogens with one attached hydrogen (secondary N) is 2. The quantitative estimate of drug-likeness (QED) is 0.745. The Morgan fingerprint density at radius 3 is 2.54 bits per heavy atom. The Bertz CT molecular complexity index is 844. The van der Waals surface area contributed by atoms with E-state index < -0.39 is 30.4 Å². The number of carbonyl (C=O) groups is 3. The molecule has 140 valence electrons. The molecule has 0 aliphatic rings. The predicted molar refractivity (Wildman–Crippen MR) is 96.7 cm³/mol. The molecule has 0 saturated heterocycles. The molecule has 0 fully saturated rings. The van der Waals surface area contributed by atoms with Crippen LogP contribution in [0.1, 0.15) is 30.8 Å². The first-order valence-electron chi connectivity index (χ1n) is 8.22. The van der Waals surface area contributed by atoms with Crippen molar-refractivity contribution in [3.63, 3.8) is 0 Å². The second kappa shape index (κ2) is 8.23. The molecule has 1 aromatic carbocycles. The van der Waals surface area contributed by atoms with E-state index in [1.807, 2.05) is 19.9 Å². The molecule has 0 aliphatic heterocycles. The molecule has 2 N–H and O–H groups in total. The highest BCUT2D eigenvalue weighted by molar-refractivity contribution is 6.31. The number of rotatable bonds is 7. The minimum absolute atomic E-state index is 0.125. The highest BCUT2D eigenvalue weighted by atomic mass is 35.5. The number of benzene rings is 1. The maximum absolute atomic E-state index is 12.7. The van der Waals surface area contributed by atoms with Crippen LogP contribution in [0.3, 0.4) is 0 Å². The molecule has 1 aromatic heterocycles. The van der Waals surface area contributed by atoms with Crippen molar-refractivity contribution in [3.05, 3.63) is 35.0 Å². The van der Waals surface area contributed by atoms with Crippen molar-refractivity contribution >= 4 is 40.3 Å². The van der Waals surface area contributed by atoms with Crippen LogP contribution in [0.15, 0.2) is 24.3 Å². The summed E-state index contributed by atoms with van der Waals surface area (Å²) in [6.45, 7) is 3.21. The topological polar surface area (TPSA) is 103 Å². The van der Waals surface area contributed by atoms with E-state index in [0.29, 0.717) is 17.1 Å². The number of carbonyl (C=O) groups excluding carboxylic acids is 3. The molecule has 1 heterocycles. The molecular formula is C18H21ClN3O4-. The van der Waals surface area contributed by atoms with Crippen LogP contribution in [-0.2, 0) is 16.6 Å². The Hall–Kier alpha value is -2.54. The summed E-state index contributed by atoms with van der Waals surface area (Å²) in [6, 6.07) is 6.16. The Morgan fingerprint density at radius 1 is 1.23 bits per heavy atom. The lowest BCUT2D eigenvalue weighted by atomic mass is 10.0. The van der Waals surface area contributed by atoms with Crippen molar-refractivity contribution in [1.82, 2.24) is 15.2 Å². The van der Waals surface area contributed by atoms with Crippen molar-refractivity contribution in [2.24, 2.45) is 13.0 Å². The van der Waals surface area contributed by atoms with Gasteiger partial charge in [0.05, 0.1) is 12.5 Å². The second-order valence-electron chi connectivity index (χ2n) is 6.54. The van der Waals surface area contributed by atoms with E-state index >= 15 is 0 Å². The summed E-state index contributed by atoms with van der Waals surface area (Å²) < 4.78 is 1.71. The third-order valence-electron chi connectivity index (χ3n) is 3.97. The van der Waals surface area contributed by atoms with Crippen molar-refractivity contribution in [1.29, 1.82) is 0 Å². The van der Waals surface area contributed by atoms with Gasteiger partial charge in [0.15, 0.2) is 0 Å². The summed E-state index contributed by atoms with van der Waals surface area (Å²) in [4.78, 5) is 35.4. The third kappa shape index (κ3) is 4.76. The van der Waals surface area contributed by atoms with E-state index in [2.05, 4.69) is 10.6 Å². The fraction of sp³-hybridized carbons (Fsp3) is 0.389. The van der Waals surface area contributed by atoms with Crippen LogP contribution in [-0.4, -0.2) is 34.9 Å². The Labute approximate surface area is 156 Å². The molecular weight excluding hydrogens is 358 g/mol. The first-order chi connectivity index (χ1) is 12.2. The highest BCUT2D eigenvalue weighted by Gasteiger charge is 2.24. The van der Waals surface area contributed by atoms with Crippen molar-refractivity contribution in [2.75, 3.05) is 6.54 Å². The summed E-state index contributed by atoms with van der Waals surface area (Å²) in [6.07, 6.45) is 0.375. The molecule has 0 spiro atoms. The summed E-state index contributed by atoms with van der Waals surface area (Å²) >= 11 is 5.99. The number of fused-ring (bicyclic) bond motifs is 1. The smallest absolute Gasteiger partial charge is 0.268 e. The van der Waals surface area contributed by atoms with E-state index in [1.54, 1.807) is 29.8 Å². The van der Waals surface area contributed by atoms with Crippen LogP contribution in [0, 0.1) is 5.92 Å². The van der Waals surface area contributed by atoms with Crippen LogP contribution in [0.2, 0.25) is 5.02 Å². The standard InChI is InChI=1S/C18H22ClN3O4/c1-10(2)6-13(17(25)20-9-16(23)24)21-18(26)15-8-11-7-12(19)4-5-14(11)22(15)3/h4-5,7-8,10,13H,6,9H2,1-3H3,(H,20,25)(H,21,26)(H,23,24)/p-1/t13-/m0/s1. The molecule has 8 heteroatoms. The third-order valence-corrected chi connectivity index (χ3v) is 4.21. The van der Waals surface area contributed by atoms with Crippen molar-refractivity contribution < 1.29 is 19.5 Å². The Morgan fingerprint density at radius 2 is 1.92 bits per heavy atom. The van der Waals surface area contributed by atoms with Gasteiger partial charge in [-0.15, -0.1) is 0 Å². The maximum Gasteiger partial charge on any atom is 0.268 e. The van der Waals surface area contributed by atoms with Gasteiger partial charge in [-0.25, -0.2) is 0 Å². The molecule has 0 radical (unpaired) electrons. The van der Waals surface area contributed by atoms with Crippen LogP contribution in [0.4, 0.5) is 0 Å². The van der Waals surface area contributed by atoms with Crippen LogP contribution < -0.4 is 15.7 Å². The molecule has 0 bridgehead atoms. The van der Waals surface area contributed by atoms with E-state index in [1.165, 1.54) is 0 Å². The summed E-state index contributed by atoms with van der Waals surface area (Å²) in [5.41, 5.74) is 1.21. The normalized spacial score (nSPS) is 12.2. The number of hydrogen-bond acceptors (Lipinski definition) is 4. The first-order valence-corrected chi connectivity index (χ1v) is 8.60. The number of halogens is 1. The number of aromatic nitrogens is 1. The van der Waals surface area contributed by atoms with Gasteiger partial charge in [0, 0.05) is 23.0 Å². The zero-order valence-electron chi connectivity index (χ0n) is 14.8. The lowest BCUT2D eigenvalue weighted by molar-refractivity contribution is -0.304. The van der Waals surface area contributed by atoms with Crippen molar-refractivity contribution in [3.8, 4) is 0 Å². The van der Waals surface area contributed by atoms with Gasteiger partial charge in [-0.05, 0) is 36.6 Å². The van der Waals surface area contributed by atoms with Crippen molar-refractivity contribution in [2.45, 2.75) is 26.3 Å². The number of amides is 2. The van der Waals surface area contributed by atoms with Gasteiger partial charge in [0.25, 0.3) is 5.91 Å². The molecule has 0 unspecified atom stereocenters. The number of carboxylic acid groups (broad SMARTS) is 1. The minimum Gasteiger partial charge on any atom is -0.548 e. The Kier molecular flexibility index (Phi) is 6.26. The number of hydrogen-bond donors (Lipinski definition) is 2. The average molecular weight is 379 g/mol. The highest BCUT2D eigenvalue weighted by Crippen LogP contribution is 2.22. The fourth-order valence-corrected chi connectivity index (χ4v) is 2.94. The number of aryl methyl sites for hydroxylation is 1. The Balaban J connectivity index is 2.22. The minimum atomic E-state index is -1.39. The fourth-order valence-electron chi connectivity index (χ4n) is 2.76. The molecule has 26 heavy (non-hydrogen) atoms. The lowest BCUT2D eigenvalue weighted by Gasteiger charge is -2.20. The zero-order chi connectivity index (χ0) is 19.4. The monoisotopic (exact) mass is 378 g/mol. The zero-order valence-corrected chi connectivity index (χ0v) is 15.6. The number of nitrogens with zero attached hydrogens (tertiary/aromatic N) is 1. The molecule has 2 amide bonds. The lowest BCUT2D eigenvalue weighted by Crippen LogP contribution is -2.50. The molecule has 7 nitrogen and oxygen atoms in total. The number of aliphatic carboxylic acids is 1.